The van der Waals surface area contributed by atoms with E-state index in [-0.39, 0.29) is 9.83 Å². The number of carbonyl (C=O) groups excluding carboxylic acids is 1. The highest BCUT2D eigenvalue weighted by Crippen LogP contribution is 2.15. The summed E-state index contributed by atoms with van der Waals surface area (Å²) >= 11 is 4.19. The lowest BCUT2D eigenvalue weighted by Gasteiger charge is -2.02. The molecule has 1 aliphatic heterocycles. The maximum Gasteiger partial charge on any atom is 0.262 e. The molecule has 4 heteroatoms. The van der Waals surface area contributed by atoms with E-state index in [0.717, 1.165) is 3.58 Å². The lowest BCUT2D eigenvalue weighted by molar-refractivity contribution is -0.116. The summed E-state index contributed by atoms with van der Waals surface area (Å²) in [7, 11) is 0. The number of alkyl halides is 1. The largest absolute Gasteiger partial charge is 0.271 e. The zero-order valence-electron chi connectivity index (χ0n) is 4.34. The third kappa shape index (κ3) is 1.99. The van der Waals surface area contributed by atoms with Gasteiger partial charge in [0.2, 0.25) is 0 Å². The van der Waals surface area contributed by atoms with Crippen LogP contribution in [0.25, 0.3) is 0 Å². The van der Waals surface area contributed by atoms with E-state index in [4.69, 9.17) is 0 Å². The summed E-state index contributed by atoms with van der Waals surface area (Å²) in [6.45, 7) is 0. The van der Waals surface area contributed by atoms with Gasteiger partial charge < -0.3 is 0 Å². The molecule has 1 rings (SSSR count). The third-order valence-corrected chi connectivity index (χ3v) is 2.39. The molecule has 48 valence electrons. The van der Waals surface area contributed by atoms with Crippen LogP contribution in [0.15, 0.2) is 14.6 Å². The van der Waals surface area contributed by atoms with Gasteiger partial charge >= 0.3 is 0 Å². The van der Waals surface area contributed by atoms with E-state index in [1.165, 1.54) is 0 Å². The second kappa shape index (κ2) is 3.09. The molecule has 9 heavy (non-hydrogen) atoms. The predicted octanol–water partition coefficient (Wildman–Crippen LogP) is 1.72. The van der Waals surface area contributed by atoms with Crippen LogP contribution in [0, 0.1) is 0 Å². The lowest BCUT2D eigenvalue weighted by Crippen LogP contribution is -2.12. The summed E-state index contributed by atoms with van der Waals surface area (Å²) in [5.41, 5.74) is 0. The third-order valence-electron chi connectivity index (χ3n) is 0.857. The lowest BCUT2D eigenvalue weighted by atomic mass is 10.3. The van der Waals surface area contributed by atoms with Crippen molar-refractivity contribution in [2.75, 3.05) is 0 Å². The van der Waals surface area contributed by atoms with Crippen molar-refractivity contribution in [1.82, 2.24) is 0 Å². The van der Waals surface area contributed by atoms with Gasteiger partial charge in [0.15, 0.2) is 0 Å². The minimum Gasteiger partial charge on any atom is -0.271 e. The first-order valence-corrected chi connectivity index (χ1v) is 4.62. The molecule has 2 nitrogen and oxygen atoms in total. The number of rotatable bonds is 0. The number of hydrogen-bond acceptors (Lipinski definition) is 1. The Morgan fingerprint density at radius 3 is 2.78 bits per heavy atom. The van der Waals surface area contributed by atoms with Crippen LogP contribution in [0.2, 0.25) is 0 Å². The second-order valence-electron chi connectivity index (χ2n) is 1.55. The molecule has 0 fully saturated rings. The molecular weight excluding hydrogens is 344 g/mol. The summed E-state index contributed by atoms with van der Waals surface area (Å²) in [6, 6.07) is 0. The van der Waals surface area contributed by atoms with Gasteiger partial charge in [0, 0.05) is 9.79 Å². The first-order chi connectivity index (χ1) is 4.20. The van der Waals surface area contributed by atoms with Gasteiger partial charge in [-0.3, -0.25) is 4.79 Å². The zero-order chi connectivity index (χ0) is 6.85. The van der Waals surface area contributed by atoms with E-state index in [9.17, 15) is 4.79 Å². The van der Waals surface area contributed by atoms with E-state index in [2.05, 4.69) is 50.2 Å². The highest BCUT2D eigenvalue weighted by atomic mass is 127. The second-order valence-corrected chi connectivity index (χ2v) is 4.14. The molecule has 0 spiro atoms. The van der Waals surface area contributed by atoms with Crippen molar-refractivity contribution in [3.8, 4) is 0 Å². The number of halogens is 2. The number of nitrogens with zero attached hydrogens (tertiary/aromatic N) is 1. The number of allylic oxidation sites excluding steroid dienone is 1. The molecule has 1 amide bonds. The normalized spacial score (nSPS) is 26.2. The Morgan fingerprint density at radius 1 is 1.67 bits per heavy atom. The van der Waals surface area contributed by atoms with Crippen LogP contribution in [-0.2, 0) is 4.79 Å². The summed E-state index contributed by atoms with van der Waals surface area (Å²) in [5.74, 6) is -0.0592. The van der Waals surface area contributed by atoms with Crippen LogP contribution in [0.5, 0.6) is 0 Å². The minimum absolute atomic E-state index is 0.0560. The number of amides is 1. The Bertz CT molecular complexity index is 197. The zero-order valence-corrected chi connectivity index (χ0v) is 8.66. The van der Waals surface area contributed by atoms with E-state index < -0.39 is 0 Å². The van der Waals surface area contributed by atoms with Crippen molar-refractivity contribution in [2.45, 2.75) is 3.92 Å². The van der Waals surface area contributed by atoms with E-state index >= 15 is 0 Å². The summed E-state index contributed by atoms with van der Waals surface area (Å²) < 4.78 is 0.978. The number of carbonyl (C=O) groups is 1. The van der Waals surface area contributed by atoms with Gasteiger partial charge in [-0.05, 0) is 28.7 Å². The molecule has 1 heterocycles. The fraction of sp³-hybridized carbons (Fsp3) is 0.200. The fourth-order valence-electron chi connectivity index (χ4n) is 0.451. The first kappa shape index (κ1) is 7.64. The van der Waals surface area contributed by atoms with Gasteiger partial charge in [-0.15, -0.1) is 0 Å². The maximum absolute atomic E-state index is 10.7. The average Bonchev–Trinajstić information content (AvgIpc) is 1.80. The van der Waals surface area contributed by atoms with E-state index in [1.807, 2.05) is 6.08 Å². The SMILES string of the molecule is O=C1N=CC(I)=CC1I. The van der Waals surface area contributed by atoms with Gasteiger partial charge in [-0.1, -0.05) is 22.6 Å². The highest BCUT2D eigenvalue weighted by Gasteiger charge is 2.13. The van der Waals surface area contributed by atoms with Crippen molar-refractivity contribution in [3.63, 3.8) is 0 Å². The van der Waals surface area contributed by atoms with Crippen LogP contribution in [0.4, 0.5) is 0 Å². The van der Waals surface area contributed by atoms with Crippen molar-refractivity contribution >= 4 is 57.3 Å². The first-order valence-electron chi connectivity index (χ1n) is 2.29. The van der Waals surface area contributed by atoms with Gasteiger partial charge in [0.1, 0.15) is 3.92 Å². The van der Waals surface area contributed by atoms with Crippen molar-refractivity contribution < 1.29 is 4.79 Å². The number of hydrogen-bond donors (Lipinski definition) is 0. The Labute approximate surface area is 80.1 Å². The summed E-state index contributed by atoms with van der Waals surface area (Å²) in [4.78, 5) is 14.3. The van der Waals surface area contributed by atoms with Crippen molar-refractivity contribution in [1.29, 1.82) is 0 Å². The average molecular weight is 347 g/mol. The molecular formula is C5H3I2NO. The van der Waals surface area contributed by atoms with E-state index in [1.54, 1.807) is 6.21 Å². The van der Waals surface area contributed by atoms with Gasteiger partial charge in [0.05, 0.1) is 0 Å². The quantitative estimate of drug-likeness (QED) is 0.485. The Balaban J connectivity index is 2.82. The van der Waals surface area contributed by atoms with Crippen molar-refractivity contribution in [2.24, 2.45) is 4.99 Å². The molecule has 1 atom stereocenters. The summed E-state index contributed by atoms with van der Waals surface area (Å²) in [5, 5.41) is 0. The fourth-order valence-corrected chi connectivity index (χ4v) is 2.19. The van der Waals surface area contributed by atoms with Crippen molar-refractivity contribution in [3.05, 3.63) is 9.66 Å². The molecule has 0 aromatic carbocycles. The predicted molar refractivity (Wildman–Crippen MR) is 53.4 cm³/mol. The van der Waals surface area contributed by atoms with Crippen LogP contribution in [-0.4, -0.2) is 16.0 Å². The van der Waals surface area contributed by atoms with Crippen LogP contribution in [0.3, 0.4) is 0 Å². The number of dihydropyridines is 1. The smallest absolute Gasteiger partial charge is 0.262 e. The van der Waals surface area contributed by atoms with Crippen LogP contribution in [0.1, 0.15) is 0 Å². The highest BCUT2D eigenvalue weighted by molar-refractivity contribution is 14.1. The molecule has 0 saturated heterocycles. The molecule has 0 radical (unpaired) electrons. The Kier molecular flexibility index (Phi) is 2.62. The topological polar surface area (TPSA) is 29.4 Å². The molecule has 1 unspecified atom stereocenters. The standard InChI is InChI=1S/C5H3I2NO/c6-3-1-4(7)5(9)8-2-3/h1-2,4H. The Morgan fingerprint density at radius 2 is 2.33 bits per heavy atom. The van der Waals surface area contributed by atoms with Gasteiger partial charge in [-0.2, -0.15) is 0 Å². The molecule has 0 aliphatic carbocycles. The molecule has 0 aromatic rings. The molecule has 1 aliphatic rings. The molecule has 0 saturated carbocycles. The monoisotopic (exact) mass is 347 g/mol. The molecule has 0 aromatic heterocycles. The van der Waals surface area contributed by atoms with E-state index in [0.29, 0.717) is 0 Å². The van der Waals surface area contributed by atoms with Gasteiger partial charge in [0.25, 0.3) is 5.91 Å². The number of aliphatic imine (C=N–C) groups is 1. The van der Waals surface area contributed by atoms with Crippen LogP contribution >= 0.6 is 45.2 Å². The van der Waals surface area contributed by atoms with Gasteiger partial charge in [-0.25, -0.2) is 4.99 Å². The Hall–Kier alpha value is 0.540. The minimum atomic E-state index is -0.0592. The van der Waals surface area contributed by atoms with Crippen LogP contribution < -0.4 is 0 Å². The molecule has 0 N–H and O–H groups in total. The summed E-state index contributed by atoms with van der Waals surface area (Å²) in [6.07, 6.45) is 3.47. The maximum atomic E-state index is 10.7. The molecule has 0 bridgehead atoms.